The summed E-state index contributed by atoms with van der Waals surface area (Å²) in [5.74, 6) is -0.218. The van der Waals surface area contributed by atoms with Crippen LogP contribution in [0.3, 0.4) is 0 Å². The van der Waals surface area contributed by atoms with Gasteiger partial charge in [-0.2, -0.15) is 0 Å². The van der Waals surface area contributed by atoms with Crippen molar-refractivity contribution in [2.24, 2.45) is 0 Å². The Balaban J connectivity index is 1.91. The molecule has 1 saturated heterocycles. The minimum absolute atomic E-state index is 0.0338. The van der Waals surface area contributed by atoms with Gasteiger partial charge in [0.2, 0.25) is 0 Å². The van der Waals surface area contributed by atoms with Gasteiger partial charge >= 0.3 is 5.97 Å². The Hall–Kier alpha value is -1.35. The molecule has 1 fully saturated rings. The first-order valence-electron chi connectivity index (χ1n) is 5.33. The van der Waals surface area contributed by atoms with E-state index in [0.29, 0.717) is 5.56 Å². The molecule has 2 rings (SSSR count). The quantitative estimate of drug-likeness (QED) is 0.745. The lowest BCUT2D eigenvalue weighted by atomic mass is 10.1. The zero-order valence-electron chi connectivity index (χ0n) is 8.61. The molecule has 0 bridgehead atoms. The monoisotopic (exact) mass is 205 g/mol. The molecule has 1 N–H and O–H groups in total. The van der Waals surface area contributed by atoms with E-state index in [1.807, 2.05) is 18.2 Å². The normalized spacial score (nSPS) is 20.9. The number of piperidine rings is 1. The molecule has 1 heterocycles. The number of rotatable bonds is 2. The van der Waals surface area contributed by atoms with Gasteiger partial charge in [-0.15, -0.1) is 0 Å². The molecular weight excluding hydrogens is 190 g/mol. The molecule has 1 aromatic rings. The summed E-state index contributed by atoms with van der Waals surface area (Å²) >= 11 is 0. The zero-order chi connectivity index (χ0) is 10.5. The van der Waals surface area contributed by atoms with Crippen molar-refractivity contribution < 1.29 is 9.53 Å². The molecular formula is C12H15NO2. The van der Waals surface area contributed by atoms with Crippen LogP contribution in [0.2, 0.25) is 0 Å². The highest BCUT2D eigenvalue weighted by Gasteiger charge is 2.17. The Kier molecular flexibility index (Phi) is 3.35. The predicted molar refractivity (Wildman–Crippen MR) is 57.7 cm³/mol. The number of carbonyl (C=O) groups is 1. The lowest BCUT2D eigenvalue weighted by Crippen LogP contribution is -2.36. The number of benzene rings is 1. The molecule has 80 valence electrons. The van der Waals surface area contributed by atoms with E-state index in [2.05, 4.69) is 5.32 Å². The Morgan fingerprint density at radius 1 is 1.33 bits per heavy atom. The largest absolute Gasteiger partial charge is 0.457 e. The molecule has 0 radical (unpaired) electrons. The van der Waals surface area contributed by atoms with Crippen LogP contribution in [0.4, 0.5) is 0 Å². The third kappa shape index (κ3) is 2.80. The number of hydrogen-bond acceptors (Lipinski definition) is 3. The van der Waals surface area contributed by atoms with Crippen LogP contribution in [0.15, 0.2) is 30.3 Å². The highest BCUT2D eigenvalue weighted by Crippen LogP contribution is 2.09. The fourth-order valence-corrected chi connectivity index (χ4v) is 1.71. The third-order valence-electron chi connectivity index (χ3n) is 2.53. The second-order valence-electron chi connectivity index (χ2n) is 3.74. The molecule has 0 saturated carbocycles. The zero-order valence-corrected chi connectivity index (χ0v) is 8.61. The van der Waals surface area contributed by atoms with Gasteiger partial charge in [-0.25, -0.2) is 4.79 Å². The maximum absolute atomic E-state index is 11.7. The van der Waals surface area contributed by atoms with Crippen molar-refractivity contribution in [3.63, 3.8) is 0 Å². The van der Waals surface area contributed by atoms with Crippen molar-refractivity contribution in [3.05, 3.63) is 35.9 Å². The summed E-state index contributed by atoms with van der Waals surface area (Å²) in [5, 5.41) is 3.21. The Labute approximate surface area is 89.4 Å². The number of hydrogen-bond donors (Lipinski definition) is 1. The molecule has 0 amide bonds. The molecule has 3 nitrogen and oxygen atoms in total. The second-order valence-corrected chi connectivity index (χ2v) is 3.74. The van der Waals surface area contributed by atoms with Crippen molar-refractivity contribution in [1.29, 1.82) is 0 Å². The van der Waals surface area contributed by atoms with Gasteiger partial charge in [0.15, 0.2) is 0 Å². The van der Waals surface area contributed by atoms with E-state index in [1.165, 1.54) is 0 Å². The molecule has 0 aliphatic carbocycles. The fraction of sp³-hybridized carbons (Fsp3) is 0.417. The predicted octanol–water partition coefficient (Wildman–Crippen LogP) is 1.60. The number of esters is 1. The molecule has 0 spiro atoms. The molecule has 1 aromatic carbocycles. The molecule has 0 unspecified atom stereocenters. The summed E-state index contributed by atoms with van der Waals surface area (Å²) in [6, 6.07) is 9.13. The molecule has 1 aliphatic rings. The van der Waals surface area contributed by atoms with Crippen LogP contribution in [-0.2, 0) is 4.74 Å². The van der Waals surface area contributed by atoms with Crippen LogP contribution in [0.1, 0.15) is 23.2 Å². The average Bonchev–Trinajstić information content (AvgIpc) is 2.31. The number of ether oxygens (including phenoxy) is 1. The Bertz CT molecular complexity index is 318. The maximum atomic E-state index is 11.7. The number of carbonyl (C=O) groups excluding carboxylic acids is 1. The van der Waals surface area contributed by atoms with Crippen LogP contribution in [0, 0.1) is 0 Å². The molecule has 15 heavy (non-hydrogen) atoms. The first kappa shape index (κ1) is 10.2. The molecule has 1 aliphatic heterocycles. The SMILES string of the molecule is O=C(O[C@H]1CCCNC1)c1ccccc1. The third-order valence-corrected chi connectivity index (χ3v) is 2.53. The van der Waals surface area contributed by atoms with Crippen LogP contribution >= 0.6 is 0 Å². The van der Waals surface area contributed by atoms with Gasteiger partial charge in [0, 0.05) is 6.54 Å². The minimum atomic E-state index is -0.218. The molecule has 1 atom stereocenters. The minimum Gasteiger partial charge on any atom is -0.457 e. The van der Waals surface area contributed by atoms with Gasteiger partial charge < -0.3 is 10.1 Å². The van der Waals surface area contributed by atoms with Crippen molar-refractivity contribution in [3.8, 4) is 0 Å². The number of nitrogens with one attached hydrogen (secondary N) is 1. The standard InChI is InChI=1S/C12H15NO2/c14-12(10-5-2-1-3-6-10)15-11-7-4-8-13-9-11/h1-3,5-6,11,13H,4,7-9H2/t11-/m0/s1. The van der Waals surface area contributed by atoms with Gasteiger partial charge in [-0.05, 0) is 31.5 Å². The van der Waals surface area contributed by atoms with Crippen molar-refractivity contribution in [1.82, 2.24) is 5.32 Å². The van der Waals surface area contributed by atoms with Crippen molar-refractivity contribution in [2.45, 2.75) is 18.9 Å². The summed E-state index contributed by atoms with van der Waals surface area (Å²) in [5.41, 5.74) is 0.628. The summed E-state index contributed by atoms with van der Waals surface area (Å²) in [6.45, 7) is 1.80. The van der Waals surface area contributed by atoms with E-state index >= 15 is 0 Å². The van der Waals surface area contributed by atoms with E-state index in [-0.39, 0.29) is 12.1 Å². The topological polar surface area (TPSA) is 38.3 Å². The van der Waals surface area contributed by atoms with Gasteiger partial charge in [0.25, 0.3) is 0 Å². The fourth-order valence-electron chi connectivity index (χ4n) is 1.71. The highest BCUT2D eigenvalue weighted by atomic mass is 16.5. The van der Waals surface area contributed by atoms with Crippen molar-refractivity contribution in [2.75, 3.05) is 13.1 Å². The molecule has 0 aromatic heterocycles. The second kappa shape index (κ2) is 4.94. The Morgan fingerprint density at radius 2 is 2.13 bits per heavy atom. The first-order chi connectivity index (χ1) is 7.36. The Morgan fingerprint density at radius 3 is 2.80 bits per heavy atom. The van der Waals surface area contributed by atoms with E-state index in [0.717, 1.165) is 25.9 Å². The average molecular weight is 205 g/mol. The van der Waals surface area contributed by atoms with Crippen LogP contribution in [-0.4, -0.2) is 25.2 Å². The van der Waals surface area contributed by atoms with Crippen LogP contribution in [0.25, 0.3) is 0 Å². The van der Waals surface area contributed by atoms with E-state index < -0.39 is 0 Å². The van der Waals surface area contributed by atoms with Gasteiger partial charge in [-0.3, -0.25) is 0 Å². The van der Waals surface area contributed by atoms with E-state index in [4.69, 9.17) is 4.74 Å². The summed E-state index contributed by atoms with van der Waals surface area (Å²) in [7, 11) is 0. The highest BCUT2D eigenvalue weighted by molar-refractivity contribution is 5.89. The van der Waals surface area contributed by atoms with Crippen LogP contribution < -0.4 is 5.32 Å². The molecule has 3 heteroatoms. The van der Waals surface area contributed by atoms with Gasteiger partial charge in [-0.1, -0.05) is 18.2 Å². The van der Waals surface area contributed by atoms with Crippen molar-refractivity contribution >= 4 is 5.97 Å². The van der Waals surface area contributed by atoms with Crippen LogP contribution in [0.5, 0.6) is 0 Å². The lowest BCUT2D eigenvalue weighted by Gasteiger charge is -2.22. The van der Waals surface area contributed by atoms with E-state index in [9.17, 15) is 4.79 Å². The first-order valence-corrected chi connectivity index (χ1v) is 5.33. The summed E-state index contributed by atoms with van der Waals surface area (Å²) in [6.07, 6.45) is 2.07. The summed E-state index contributed by atoms with van der Waals surface area (Å²) < 4.78 is 5.38. The smallest absolute Gasteiger partial charge is 0.338 e. The lowest BCUT2D eigenvalue weighted by molar-refractivity contribution is 0.0245. The van der Waals surface area contributed by atoms with Gasteiger partial charge in [0.05, 0.1) is 5.56 Å². The maximum Gasteiger partial charge on any atom is 0.338 e. The van der Waals surface area contributed by atoms with E-state index in [1.54, 1.807) is 12.1 Å². The van der Waals surface area contributed by atoms with Gasteiger partial charge in [0.1, 0.15) is 6.10 Å². The summed E-state index contributed by atoms with van der Waals surface area (Å²) in [4.78, 5) is 11.7.